The lowest BCUT2D eigenvalue weighted by Crippen LogP contribution is -2.39. The molecule has 0 aromatic carbocycles. The van der Waals surface area contributed by atoms with Gasteiger partial charge in [-0.25, -0.2) is 0 Å². The summed E-state index contributed by atoms with van der Waals surface area (Å²) in [5, 5.41) is 0. The van der Waals surface area contributed by atoms with E-state index in [1.54, 1.807) is 0 Å². The Kier molecular flexibility index (Phi) is 14.8. The van der Waals surface area contributed by atoms with Crippen LogP contribution in [0.1, 0.15) is 124 Å². The second-order valence-electron chi connectivity index (χ2n) is 8.29. The van der Waals surface area contributed by atoms with Crippen molar-refractivity contribution < 1.29 is 0 Å². The molecule has 1 atom stereocenters. The SMILES string of the molecule is CCCCCCCCCCCCCCCN1C=CN(CCC)C1CCC. The Bertz CT molecular complexity index is 326. The zero-order valence-electron chi connectivity index (χ0n) is 18.4. The summed E-state index contributed by atoms with van der Waals surface area (Å²) in [5.74, 6) is 0. The lowest BCUT2D eigenvalue weighted by atomic mass is 10.0. The predicted octanol–water partition coefficient (Wildman–Crippen LogP) is 7.70. The van der Waals surface area contributed by atoms with Crippen molar-refractivity contribution in [3.05, 3.63) is 12.4 Å². The number of rotatable bonds is 18. The highest BCUT2D eigenvalue weighted by Crippen LogP contribution is 2.21. The Morgan fingerprint density at radius 3 is 1.42 bits per heavy atom. The van der Waals surface area contributed by atoms with Gasteiger partial charge in [0.2, 0.25) is 0 Å². The van der Waals surface area contributed by atoms with Crippen molar-refractivity contribution in [3.8, 4) is 0 Å². The van der Waals surface area contributed by atoms with Crippen LogP contribution in [-0.4, -0.2) is 29.1 Å². The minimum Gasteiger partial charge on any atom is -0.356 e. The first-order valence-corrected chi connectivity index (χ1v) is 12.0. The minimum atomic E-state index is 0.636. The third-order valence-corrected chi connectivity index (χ3v) is 5.76. The lowest BCUT2D eigenvalue weighted by Gasteiger charge is -2.32. The van der Waals surface area contributed by atoms with Gasteiger partial charge in [0.15, 0.2) is 0 Å². The van der Waals surface area contributed by atoms with Gasteiger partial charge in [0.05, 0.1) is 0 Å². The van der Waals surface area contributed by atoms with E-state index in [0.29, 0.717) is 6.17 Å². The van der Waals surface area contributed by atoms with E-state index in [1.165, 1.54) is 116 Å². The summed E-state index contributed by atoms with van der Waals surface area (Å²) in [6.45, 7) is 9.35. The monoisotopic (exact) mass is 364 g/mol. The van der Waals surface area contributed by atoms with Gasteiger partial charge in [-0.1, -0.05) is 104 Å². The summed E-state index contributed by atoms with van der Waals surface area (Å²) in [6.07, 6.45) is 27.8. The third-order valence-electron chi connectivity index (χ3n) is 5.76. The smallest absolute Gasteiger partial charge is 0.101 e. The molecule has 0 spiro atoms. The average molecular weight is 365 g/mol. The second kappa shape index (κ2) is 16.5. The molecule has 0 fully saturated rings. The molecule has 26 heavy (non-hydrogen) atoms. The van der Waals surface area contributed by atoms with Gasteiger partial charge in [-0.3, -0.25) is 0 Å². The van der Waals surface area contributed by atoms with E-state index in [1.807, 2.05) is 0 Å². The first-order chi connectivity index (χ1) is 12.8. The highest BCUT2D eigenvalue weighted by Gasteiger charge is 2.23. The quantitative estimate of drug-likeness (QED) is 0.230. The van der Waals surface area contributed by atoms with Gasteiger partial charge < -0.3 is 9.80 Å². The molecule has 0 bridgehead atoms. The summed E-state index contributed by atoms with van der Waals surface area (Å²) in [7, 11) is 0. The Morgan fingerprint density at radius 2 is 0.962 bits per heavy atom. The molecule has 0 aliphatic carbocycles. The Morgan fingerprint density at radius 1 is 0.500 bits per heavy atom. The summed E-state index contributed by atoms with van der Waals surface area (Å²) >= 11 is 0. The maximum absolute atomic E-state index is 2.59. The largest absolute Gasteiger partial charge is 0.356 e. The van der Waals surface area contributed by atoms with Gasteiger partial charge >= 0.3 is 0 Å². The van der Waals surface area contributed by atoms with E-state index in [4.69, 9.17) is 0 Å². The van der Waals surface area contributed by atoms with Crippen LogP contribution < -0.4 is 0 Å². The fourth-order valence-corrected chi connectivity index (χ4v) is 4.17. The van der Waals surface area contributed by atoms with Crippen LogP contribution in [0.5, 0.6) is 0 Å². The molecule has 1 heterocycles. The van der Waals surface area contributed by atoms with Crippen LogP contribution in [0.15, 0.2) is 12.4 Å². The van der Waals surface area contributed by atoms with Crippen molar-refractivity contribution in [1.82, 2.24) is 9.80 Å². The molecule has 1 aliphatic rings. The number of nitrogens with zero attached hydrogens (tertiary/aromatic N) is 2. The second-order valence-corrected chi connectivity index (χ2v) is 8.29. The van der Waals surface area contributed by atoms with Crippen molar-refractivity contribution >= 4 is 0 Å². The van der Waals surface area contributed by atoms with Gasteiger partial charge in [-0.2, -0.15) is 0 Å². The molecule has 1 unspecified atom stereocenters. The molecule has 0 amide bonds. The van der Waals surface area contributed by atoms with Crippen molar-refractivity contribution in [2.75, 3.05) is 13.1 Å². The Balaban J connectivity index is 1.93. The van der Waals surface area contributed by atoms with Crippen molar-refractivity contribution in [3.63, 3.8) is 0 Å². The first-order valence-electron chi connectivity index (χ1n) is 12.0. The van der Waals surface area contributed by atoms with E-state index in [-0.39, 0.29) is 0 Å². The third kappa shape index (κ3) is 10.5. The molecule has 0 radical (unpaired) electrons. The van der Waals surface area contributed by atoms with Crippen LogP contribution >= 0.6 is 0 Å². The van der Waals surface area contributed by atoms with E-state index < -0.39 is 0 Å². The zero-order valence-corrected chi connectivity index (χ0v) is 18.4. The predicted molar refractivity (Wildman–Crippen MR) is 117 cm³/mol. The van der Waals surface area contributed by atoms with Crippen molar-refractivity contribution in [1.29, 1.82) is 0 Å². The molecule has 0 aromatic rings. The summed E-state index contributed by atoms with van der Waals surface area (Å²) in [4.78, 5) is 5.14. The van der Waals surface area contributed by atoms with Gasteiger partial charge in [-0.05, 0) is 19.3 Å². The molecular weight excluding hydrogens is 316 g/mol. The van der Waals surface area contributed by atoms with Crippen LogP contribution in [0.2, 0.25) is 0 Å². The van der Waals surface area contributed by atoms with E-state index in [2.05, 4.69) is 43.0 Å². The van der Waals surface area contributed by atoms with E-state index >= 15 is 0 Å². The molecular formula is C24H48N2. The van der Waals surface area contributed by atoms with Crippen LogP contribution in [0.25, 0.3) is 0 Å². The lowest BCUT2D eigenvalue weighted by molar-refractivity contribution is 0.140. The van der Waals surface area contributed by atoms with Gasteiger partial charge in [-0.15, -0.1) is 0 Å². The maximum atomic E-state index is 2.59. The van der Waals surface area contributed by atoms with Crippen molar-refractivity contribution in [2.24, 2.45) is 0 Å². The Labute approximate surface area is 165 Å². The highest BCUT2D eigenvalue weighted by molar-refractivity contribution is 4.96. The van der Waals surface area contributed by atoms with Gasteiger partial charge in [0, 0.05) is 25.5 Å². The van der Waals surface area contributed by atoms with Crippen LogP contribution in [0.4, 0.5) is 0 Å². The molecule has 2 heteroatoms. The molecule has 1 rings (SSSR count). The molecule has 2 nitrogen and oxygen atoms in total. The summed E-state index contributed by atoms with van der Waals surface area (Å²) < 4.78 is 0. The standard InChI is InChI=1S/C24H48N2/c1-4-7-8-9-10-11-12-13-14-15-16-17-18-21-26-23-22-25(20-6-3)24(26)19-5-2/h22-24H,4-21H2,1-3H3. The van der Waals surface area contributed by atoms with Gasteiger partial charge in [0.25, 0.3) is 0 Å². The fraction of sp³-hybridized carbons (Fsp3) is 0.917. The normalized spacial score (nSPS) is 16.8. The van der Waals surface area contributed by atoms with Crippen LogP contribution in [0, 0.1) is 0 Å². The van der Waals surface area contributed by atoms with Crippen LogP contribution in [-0.2, 0) is 0 Å². The molecule has 1 aliphatic heterocycles. The maximum Gasteiger partial charge on any atom is 0.101 e. The number of hydrogen-bond donors (Lipinski definition) is 0. The van der Waals surface area contributed by atoms with Crippen LogP contribution in [0.3, 0.4) is 0 Å². The molecule has 154 valence electrons. The highest BCUT2D eigenvalue weighted by atomic mass is 15.4. The zero-order chi connectivity index (χ0) is 18.9. The summed E-state index contributed by atoms with van der Waals surface area (Å²) in [6, 6.07) is 0. The molecule has 0 saturated heterocycles. The molecule has 0 N–H and O–H groups in total. The van der Waals surface area contributed by atoms with E-state index in [0.717, 1.165) is 0 Å². The number of hydrogen-bond acceptors (Lipinski definition) is 2. The van der Waals surface area contributed by atoms with Gasteiger partial charge in [0.1, 0.15) is 6.17 Å². The Hall–Kier alpha value is -0.660. The minimum absolute atomic E-state index is 0.636. The topological polar surface area (TPSA) is 6.48 Å². The molecule has 0 aromatic heterocycles. The van der Waals surface area contributed by atoms with E-state index in [9.17, 15) is 0 Å². The average Bonchev–Trinajstić information content (AvgIpc) is 3.01. The summed E-state index contributed by atoms with van der Waals surface area (Å²) in [5.41, 5.74) is 0. The first kappa shape index (κ1) is 23.4. The van der Waals surface area contributed by atoms with Crippen molar-refractivity contribution in [2.45, 2.75) is 130 Å². The number of unbranched alkanes of at least 4 members (excludes halogenated alkanes) is 12. The molecule has 0 saturated carbocycles. The fourth-order valence-electron chi connectivity index (χ4n) is 4.17.